The van der Waals surface area contributed by atoms with Crippen molar-refractivity contribution in [3.05, 3.63) is 89.7 Å². The molecule has 0 heterocycles. The largest absolute Gasteiger partial charge is 0.497 e. The fourth-order valence-corrected chi connectivity index (χ4v) is 5.59. The highest BCUT2D eigenvalue weighted by Crippen LogP contribution is 2.27. The zero-order valence-corrected chi connectivity index (χ0v) is 20.7. The number of thioether (sulfide) groups is 1. The third-order valence-corrected chi connectivity index (χ3v) is 7.93. The average molecular weight is 503 g/mol. The molecule has 1 amide bonds. The molecule has 0 aliphatic rings. The molecule has 9 heteroatoms. The first-order valence-corrected chi connectivity index (χ1v) is 13.2. The molecule has 3 aromatic carbocycles. The first-order valence-electron chi connectivity index (χ1n) is 10.6. The van der Waals surface area contributed by atoms with Gasteiger partial charge in [0.05, 0.1) is 17.7 Å². The van der Waals surface area contributed by atoms with E-state index in [-0.39, 0.29) is 10.6 Å². The molecule has 0 atom stereocenters. The van der Waals surface area contributed by atoms with Gasteiger partial charge in [0.25, 0.3) is 10.0 Å². The molecule has 0 aromatic heterocycles. The van der Waals surface area contributed by atoms with Gasteiger partial charge in [0, 0.05) is 18.1 Å². The number of sulfonamides is 1. The number of carbonyl (C=O) groups excluding carboxylic acids is 1. The van der Waals surface area contributed by atoms with Crippen molar-refractivity contribution in [2.24, 2.45) is 0 Å². The van der Waals surface area contributed by atoms with Crippen LogP contribution >= 0.6 is 11.8 Å². The SMILES string of the molecule is COc1ccc(S(=O)(=O)N(CC(=O)NCCSCc2ccccc2C)c2ccccc2F)cc1. The summed E-state index contributed by atoms with van der Waals surface area (Å²) in [5, 5.41) is 2.74. The van der Waals surface area contributed by atoms with Crippen molar-refractivity contribution in [1.82, 2.24) is 5.32 Å². The molecule has 0 spiro atoms. The summed E-state index contributed by atoms with van der Waals surface area (Å²) in [6.07, 6.45) is 0. The fourth-order valence-electron chi connectivity index (χ4n) is 3.23. The molecule has 0 unspecified atom stereocenters. The number of anilines is 1. The number of hydrogen-bond donors (Lipinski definition) is 1. The Balaban J connectivity index is 1.67. The highest BCUT2D eigenvalue weighted by Gasteiger charge is 2.29. The molecule has 3 aromatic rings. The van der Waals surface area contributed by atoms with E-state index in [4.69, 9.17) is 4.74 Å². The summed E-state index contributed by atoms with van der Waals surface area (Å²) in [4.78, 5) is 12.6. The molecular formula is C25H27FN2O4S2. The van der Waals surface area contributed by atoms with Crippen molar-refractivity contribution in [3.63, 3.8) is 0 Å². The molecule has 1 N–H and O–H groups in total. The van der Waals surface area contributed by atoms with E-state index in [9.17, 15) is 17.6 Å². The summed E-state index contributed by atoms with van der Waals surface area (Å²) in [7, 11) is -2.73. The summed E-state index contributed by atoms with van der Waals surface area (Å²) in [6, 6.07) is 19.3. The Morgan fingerprint density at radius 2 is 1.71 bits per heavy atom. The van der Waals surface area contributed by atoms with Crippen LogP contribution in [0.25, 0.3) is 0 Å². The van der Waals surface area contributed by atoms with E-state index in [1.807, 2.05) is 12.1 Å². The number of nitrogens with one attached hydrogen (secondary N) is 1. The lowest BCUT2D eigenvalue weighted by molar-refractivity contribution is -0.119. The Morgan fingerprint density at radius 3 is 2.38 bits per heavy atom. The number of rotatable bonds is 11. The topological polar surface area (TPSA) is 75.7 Å². The second-order valence-electron chi connectivity index (χ2n) is 7.47. The molecule has 0 saturated carbocycles. The standard InChI is InChI=1S/C25H27FN2O4S2/c1-19-7-3-4-8-20(19)18-33-16-15-27-25(29)17-28(24-10-6-5-9-23(24)26)34(30,31)22-13-11-21(32-2)12-14-22/h3-14H,15-18H2,1-2H3,(H,27,29). The van der Waals surface area contributed by atoms with Crippen LogP contribution in [-0.4, -0.2) is 40.3 Å². The average Bonchev–Trinajstić information content (AvgIpc) is 2.84. The lowest BCUT2D eigenvalue weighted by Gasteiger charge is -2.24. The van der Waals surface area contributed by atoms with Gasteiger partial charge in [-0.25, -0.2) is 12.8 Å². The Bertz CT molecular complexity index is 1220. The highest BCUT2D eigenvalue weighted by molar-refractivity contribution is 7.98. The van der Waals surface area contributed by atoms with Crippen molar-refractivity contribution in [1.29, 1.82) is 0 Å². The Hall–Kier alpha value is -3.04. The number of nitrogens with zero attached hydrogens (tertiary/aromatic N) is 1. The van der Waals surface area contributed by atoms with E-state index >= 15 is 0 Å². The number of carbonyl (C=O) groups is 1. The normalized spacial score (nSPS) is 11.1. The van der Waals surface area contributed by atoms with Crippen molar-refractivity contribution in [2.75, 3.05) is 30.3 Å². The lowest BCUT2D eigenvalue weighted by atomic mass is 10.1. The zero-order valence-electron chi connectivity index (χ0n) is 19.0. The van der Waals surface area contributed by atoms with E-state index in [1.54, 1.807) is 11.8 Å². The minimum absolute atomic E-state index is 0.0712. The van der Waals surface area contributed by atoms with Crippen LogP contribution in [0.5, 0.6) is 5.75 Å². The van der Waals surface area contributed by atoms with E-state index in [2.05, 4.69) is 24.4 Å². The number of para-hydroxylation sites is 1. The zero-order chi connectivity index (χ0) is 24.6. The third kappa shape index (κ3) is 6.51. The maximum Gasteiger partial charge on any atom is 0.264 e. The van der Waals surface area contributed by atoms with Crippen LogP contribution in [-0.2, 0) is 20.6 Å². The van der Waals surface area contributed by atoms with Crippen LogP contribution < -0.4 is 14.4 Å². The van der Waals surface area contributed by atoms with Gasteiger partial charge in [-0.15, -0.1) is 0 Å². The smallest absolute Gasteiger partial charge is 0.264 e. The van der Waals surface area contributed by atoms with Crippen LogP contribution in [0.15, 0.2) is 77.7 Å². The molecule has 180 valence electrons. The molecule has 0 saturated heterocycles. The highest BCUT2D eigenvalue weighted by atomic mass is 32.2. The van der Waals surface area contributed by atoms with Crippen molar-refractivity contribution >= 4 is 33.4 Å². The van der Waals surface area contributed by atoms with Gasteiger partial charge < -0.3 is 10.1 Å². The van der Waals surface area contributed by atoms with Gasteiger partial charge in [-0.1, -0.05) is 36.4 Å². The van der Waals surface area contributed by atoms with E-state index in [0.29, 0.717) is 18.0 Å². The van der Waals surface area contributed by atoms with Gasteiger partial charge in [0.1, 0.15) is 18.1 Å². The van der Waals surface area contributed by atoms with Gasteiger partial charge in [0.15, 0.2) is 0 Å². The van der Waals surface area contributed by atoms with E-state index < -0.39 is 28.3 Å². The van der Waals surface area contributed by atoms with Crippen molar-refractivity contribution < 1.29 is 22.3 Å². The monoisotopic (exact) mass is 502 g/mol. The van der Waals surface area contributed by atoms with E-state index in [0.717, 1.165) is 16.1 Å². The molecule has 0 fully saturated rings. The summed E-state index contributed by atoms with van der Waals surface area (Å²) >= 11 is 1.67. The van der Waals surface area contributed by atoms with Crippen LogP contribution in [0.4, 0.5) is 10.1 Å². The lowest BCUT2D eigenvalue weighted by Crippen LogP contribution is -2.41. The molecule has 0 radical (unpaired) electrons. The van der Waals surface area contributed by atoms with Gasteiger partial charge in [-0.2, -0.15) is 11.8 Å². The molecule has 6 nitrogen and oxygen atoms in total. The predicted molar refractivity (Wildman–Crippen MR) is 134 cm³/mol. The van der Waals surface area contributed by atoms with Crippen LogP contribution in [0.1, 0.15) is 11.1 Å². The van der Waals surface area contributed by atoms with Gasteiger partial charge in [0.2, 0.25) is 5.91 Å². The third-order valence-electron chi connectivity index (χ3n) is 5.14. The number of benzene rings is 3. The van der Waals surface area contributed by atoms with Gasteiger partial charge >= 0.3 is 0 Å². The van der Waals surface area contributed by atoms with E-state index in [1.165, 1.54) is 60.7 Å². The second-order valence-corrected chi connectivity index (χ2v) is 10.4. The van der Waals surface area contributed by atoms with Crippen LogP contribution in [0, 0.1) is 12.7 Å². The number of halogens is 1. The number of methoxy groups -OCH3 is 1. The second kappa shape index (κ2) is 11.9. The Morgan fingerprint density at radius 1 is 1.03 bits per heavy atom. The first kappa shape index (κ1) is 25.6. The predicted octanol–water partition coefficient (Wildman–Crippen LogP) is 4.39. The fraction of sp³-hybridized carbons (Fsp3) is 0.240. The molecule has 3 rings (SSSR count). The minimum atomic E-state index is -4.20. The number of hydrogen-bond acceptors (Lipinski definition) is 5. The number of ether oxygens (including phenoxy) is 1. The van der Waals surface area contributed by atoms with Crippen LogP contribution in [0.3, 0.4) is 0 Å². The summed E-state index contributed by atoms with van der Waals surface area (Å²) in [6.45, 7) is 1.87. The minimum Gasteiger partial charge on any atom is -0.497 e. The summed E-state index contributed by atoms with van der Waals surface area (Å²) in [5.41, 5.74) is 2.25. The van der Waals surface area contributed by atoms with Gasteiger partial charge in [-0.3, -0.25) is 9.10 Å². The quantitative estimate of drug-likeness (QED) is 0.394. The van der Waals surface area contributed by atoms with Crippen molar-refractivity contribution in [3.8, 4) is 5.75 Å². The van der Waals surface area contributed by atoms with Crippen LogP contribution in [0.2, 0.25) is 0 Å². The molecule has 0 bridgehead atoms. The maximum absolute atomic E-state index is 14.5. The first-order chi connectivity index (χ1) is 16.3. The van der Waals surface area contributed by atoms with Gasteiger partial charge in [-0.05, 0) is 54.4 Å². The van der Waals surface area contributed by atoms with Crippen molar-refractivity contribution in [2.45, 2.75) is 17.6 Å². The number of aryl methyl sites for hydroxylation is 1. The maximum atomic E-state index is 14.5. The molecular weight excluding hydrogens is 475 g/mol. The molecule has 34 heavy (non-hydrogen) atoms. The summed E-state index contributed by atoms with van der Waals surface area (Å²) < 4.78 is 47.0. The Kier molecular flexibility index (Phi) is 8.95. The number of amides is 1. The molecule has 0 aliphatic carbocycles. The summed E-state index contributed by atoms with van der Waals surface area (Å²) in [5.74, 6) is 0.705. The molecule has 0 aliphatic heterocycles. The Labute approximate surface area is 204 Å².